The molecule has 1 aliphatic rings. The number of rotatable bonds is 7. The molecule has 0 spiro atoms. The van der Waals surface area contributed by atoms with Crippen LogP contribution in [0.2, 0.25) is 0 Å². The van der Waals surface area contributed by atoms with Gasteiger partial charge < -0.3 is 4.74 Å². The van der Waals surface area contributed by atoms with Crippen molar-refractivity contribution >= 4 is 0 Å². The lowest BCUT2D eigenvalue weighted by Gasteiger charge is -2.38. The van der Waals surface area contributed by atoms with Crippen molar-refractivity contribution in [3.63, 3.8) is 0 Å². The molecule has 1 rings (SSSR count). The van der Waals surface area contributed by atoms with Crippen molar-refractivity contribution in [2.75, 3.05) is 6.61 Å². The molecule has 0 aliphatic heterocycles. The number of nitrogens with two attached hydrogens (primary N) is 1. The third-order valence-corrected chi connectivity index (χ3v) is 4.54. The lowest BCUT2D eigenvalue weighted by Crippen LogP contribution is -2.52. The SMILES string of the molecule is CCOC(C(C)C)C(NN)C1CCC(CC)CC1. The van der Waals surface area contributed by atoms with Gasteiger partial charge >= 0.3 is 0 Å². The third kappa shape index (κ3) is 4.22. The Hall–Kier alpha value is -0.120. The maximum atomic E-state index is 5.92. The number of nitrogens with one attached hydrogen (secondary N) is 1. The minimum Gasteiger partial charge on any atom is -0.377 e. The Balaban J connectivity index is 2.58. The predicted molar refractivity (Wildman–Crippen MR) is 77.1 cm³/mol. The molecular formula is C15H32N2O. The molecule has 108 valence electrons. The summed E-state index contributed by atoms with van der Waals surface area (Å²) in [5, 5.41) is 0. The Morgan fingerprint density at radius 3 is 2.17 bits per heavy atom. The van der Waals surface area contributed by atoms with Crippen LogP contribution in [0, 0.1) is 17.8 Å². The molecule has 1 fully saturated rings. The number of hydrogen-bond donors (Lipinski definition) is 2. The maximum absolute atomic E-state index is 5.92. The van der Waals surface area contributed by atoms with E-state index in [0.717, 1.165) is 12.5 Å². The molecule has 2 atom stereocenters. The monoisotopic (exact) mass is 256 g/mol. The van der Waals surface area contributed by atoms with E-state index >= 15 is 0 Å². The fourth-order valence-corrected chi connectivity index (χ4v) is 3.36. The fourth-order valence-electron chi connectivity index (χ4n) is 3.36. The first-order chi connectivity index (χ1) is 8.63. The molecular weight excluding hydrogens is 224 g/mol. The first-order valence-electron chi connectivity index (χ1n) is 7.71. The molecule has 18 heavy (non-hydrogen) atoms. The van der Waals surface area contributed by atoms with E-state index in [0.29, 0.717) is 17.9 Å². The summed E-state index contributed by atoms with van der Waals surface area (Å²) in [5.41, 5.74) is 3.05. The predicted octanol–water partition coefficient (Wildman–Crippen LogP) is 3.10. The van der Waals surface area contributed by atoms with Crippen molar-refractivity contribution in [2.45, 2.75) is 71.9 Å². The second-order valence-electron chi connectivity index (χ2n) is 6.05. The van der Waals surface area contributed by atoms with Crippen LogP contribution >= 0.6 is 0 Å². The Labute approximate surface area is 113 Å². The number of hydrogen-bond acceptors (Lipinski definition) is 3. The Morgan fingerprint density at radius 2 is 1.78 bits per heavy atom. The highest BCUT2D eigenvalue weighted by molar-refractivity contribution is 4.87. The number of ether oxygens (including phenoxy) is 1. The van der Waals surface area contributed by atoms with Gasteiger partial charge in [-0.2, -0.15) is 0 Å². The molecule has 0 radical (unpaired) electrons. The first kappa shape index (κ1) is 15.9. The van der Waals surface area contributed by atoms with Crippen LogP contribution in [0.15, 0.2) is 0 Å². The topological polar surface area (TPSA) is 47.3 Å². The molecule has 3 heteroatoms. The summed E-state index contributed by atoms with van der Waals surface area (Å²) >= 11 is 0. The van der Waals surface area contributed by atoms with Crippen molar-refractivity contribution in [1.82, 2.24) is 5.43 Å². The largest absolute Gasteiger partial charge is 0.377 e. The summed E-state index contributed by atoms with van der Waals surface area (Å²) in [7, 11) is 0. The van der Waals surface area contributed by atoms with E-state index in [1.54, 1.807) is 0 Å². The second-order valence-corrected chi connectivity index (χ2v) is 6.05. The Morgan fingerprint density at radius 1 is 1.17 bits per heavy atom. The molecule has 2 unspecified atom stereocenters. The van der Waals surface area contributed by atoms with Gasteiger partial charge in [0.15, 0.2) is 0 Å². The molecule has 3 N–H and O–H groups in total. The minimum atomic E-state index is 0.239. The van der Waals surface area contributed by atoms with Crippen LogP contribution in [0.3, 0.4) is 0 Å². The van der Waals surface area contributed by atoms with E-state index in [1.165, 1.54) is 32.1 Å². The zero-order valence-corrected chi connectivity index (χ0v) is 12.6. The maximum Gasteiger partial charge on any atom is 0.0766 e. The number of hydrazine groups is 1. The van der Waals surface area contributed by atoms with E-state index in [2.05, 4.69) is 33.1 Å². The van der Waals surface area contributed by atoms with Gasteiger partial charge in [-0.15, -0.1) is 0 Å². The fraction of sp³-hybridized carbons (Fsp3) is 1.00. The molecule has 0 aromatic heterocycles. The average molecular weight is 256 g/mol. The highest BCUT2D eigenvalue weighted by Gasteiger charge is 2.33. The third-order valence-electron chi connectivity index (χ3n) is 4.54. The summed E-state index contributed by atoms with van der Waals surface area (Å²) in [4.78, 5) is 0. The van der Waals surface area contributed by atoms with Crippen LogP contribution in [0.5, 0.6) is 0 Å². The van der Waals surface area contributed by atoms with Crippen LogP contribution in [-0.4, -0.2) is 18.8 Å². The van der Waals surface area contributed by atoms with Crippen molar-refractivity contribution in [3.05, 3.63) is 0 Å². The summed E-state index contributed by atoms with van der Waals surface area (Å²) in [5.74, 6) is 7.93. The zero-order valence-electron chi connectivity index (χ0n) is 12.6. The molecule has 0 heterocycles. The lowest BCUT2D eigenvalue weighted by molar-refractivity contribution is -0.0189. The van der Waals surface area contributed by atoms with Crippen LogP contribution < -0.4 is 11.3 Å². The van der Waals surface area contributed by atoms with E-state index in [9.17, 15) is 0 Å². The highest BCUT2D eigenvalue weighted by Crippen LogP contribution is 2.34. The highest BCUT2D eigenvalue weighted by atomic mass is 16.5. The molecule has 0 aromatic rings. The molecule has 0 aromatic carbocycles. The van der Waals surface area contributed by atoms with Gasteiger partial charge in [-0.25, -0.2) is 0 Å². The van der Waals surface area contributed by atoms with Crippen LogP contribution in [-0.2, 0) is 4.74 Å². The van der Waals surface area contributed by atoms with Crippen molar-refractivity contribution in [3.8, 4) is 0 Å². The lowest BCUT2D eigenvalue weighted by atomic mass is 9.75. The second kappa shape index (κ2) is 8.13. The van der Waals surface area contributed by atoms with Gasteiger partial charge in [-0.3, -0.25) is 11.3 Å². The summed E-state index contributed by atoms with van der Waals surface area (Å²) in [6, 6.07) is 0.308. The van der Waals surface area contributed by atoms with E-state index in [-0.39, 0.29) is 6.10 Å². The Kier molecular flexibility index (Phi) is 7.20. The first-order valence-corrected chi connectivity index (χ1v) is 7.71. The van der Waals surface area contributed by atoms with Crippen LogP contribution in [0.4, 0.5) is 0 Å². The zero-order chi connectivity index (χ0) is 13.5. The van der Waals surface area contributed by atoms with Gasteiger partial charge in [-0.05, 0) is 37.5 Å². The molecule has 3 nitrogen and oxygen atoms in total. The van der Waals surface area contributed by atoms with Gasteiger partial charge in [-0.1, -0.05) is 40.0 Å². The van der Waals surface area contributed by atoms with E-state index in [4.69, 9.17) is 10.6 Å². The molecule has 0 amide bonds. The smallest absolute Gasteiger partial charge is 0.0766 e. The van der Waals surface area contributed by atoms with E-state index in [1.807, 2.05) is 0 Å². The summed E-state index contributed by atoms with van der Waals surface area (Å²) in [6.45, 7) is 9.59. The molecule has 0 saturated heterocycles. The van der Waals surface area contributed by atoms with E-state index < -0.39 is 0 Å². The summed E-state index contributed by atoms with van der Waals surface area (Å²) in [6.07, 6.45) is 6.87. The molecule has 0 bridgehead atoms. The van der Waals surface area contributed by atoms with Crippen molar-refractivity contribution in [1.29, 1.82) is 0 Å². The molecule has 1 aliphatic carbocycles. The van der Waals surface area contributed by atoms with Gasteiger partial charge in [0.05, 0.1) is 12.1 Å². The Bertz CT molecular complexity index is 213. The van der Waals surface area contributed by atoms with Gasteiger partial charge in [0.25, 0.3) is 0 Å². The average Bonchev–Trinajstić information content (AvgIpc) is 2.39. The standard InChI is InChI=1S/C15H32N2O/c1-5-12-7-9-13(10-8-12)14(17-16)15(11(3)4)18-6-2/h11-15,17H,5-10,16H2,1-4H3. The van der Waals surface area contributed by atoms with Gasteiger partial charge in [0.2, 0.25) is 0 Å². The van der Waals surface area contributed by atoms with Crippen molar-refractivity contribution < 1.29 is 4.74 Å². The van der Waals surface area contributed by atoms with Gasteiger partial charge in [0.1, 0.15) is 0 Å². The minimum absolute atomic E-state index is 0.239. The van der Waals surface area contributed by atoms with Crippen molar-refractivity contribution in [2.24, 2.45) is 23.6 Å². The summed E-state index contributed by atoms with van der Waals surface area (Å²) < 4.78 is 5.92. The van der Waals surface area contributed by atoms with Crippen LogP contribution in [0.25, 0.3) is 0 Å². The normalized spacial score (nSPS) is 28.3. The van der Waals surface area contributed by atoms with Crippen LogP contribution in [0.1, 0.15) is 59.8 Å². The quantitative estimate of drug-likeness (QED) is 0.543. The van der Waals surface area contributed by atoms with Gasteiger partial charge in [0, 0.05) is 6.61 Å². The molecule has 1 saturated carbocycles.